The van der Waals surface area contributed by atoms with Crippen molar-refractivity contribution in [1.82, 2.24) is 9.97 Å². The lowest BCUT2D eigenvalue weighted by Gasteiger charge is -2.05. The summed E-state index contributed by atoms with van der Waals surface area (Å²) in [5.41, 5.74) is 0.751. The number of hydrogen-bond donors (Lipinski definition) is 1. The van der Waals surface area contributed by atoms with Gasteiger partial charge in [-0.1, -0.05) is 27.7 Å². The van der Waals surface area contributed by atoms with E-state index in [0.29, 0.717) is 5.92 Å². The normalized spacial score (nSPS) is 25.9. The van der Waals surface area contributed by atoms with Gasteiger partial charge in [-0.3, -0.25) is 4.79 Å². The fourth-order valence-corrected chi connectivity index (χ4v) is 2.53. The van der Waals surface area contributed by atoms with Crippen LogP contribution in [0.25, 0.3) is 0 Å². The highest BCUT2D eigenvalue weighted by Gasteiger charge is 2.62. The summed E-state index contributed by atoms with van der Waals surface area (Å²) in [6.45, 7) is 8.03. The van der Waals surface area contributed by atoms with Crippen molar-refractivity contribution in [2.24, 2.45) is 11.3 Å². The van der Waals surface area contributed by atoms with Crippen molar-refractivity contribution in [1.29, 1.82) is 0 Å². The van der Waals surface area contributed by atoms with Crippen molar-refractivity contribution >= 4 is 5.97 Å². The zero-order valence-electron chi connectivity index (χ0n) is 10.6. The molecule has 0 spiro atoms. The minimum absolute atomic E-state index is 0.0428. The lowest BCUT2D eigenvalue weighted by molar-refractivity contribution is -0.139. The van der Waals surface area contributed by atoms with Gasteiger partial charge in [0.25, 0.3) is 0 Å². The molecule has 1 fully saturated rings. The number of rotatable bonds is 3. The summed E-state index contributed by atoms with van der Waals surface area (Å²) in [6, 6.07) is 0. The second-order valence-corrected chi connectivity index (χ2v) is 5.64. The highest BCUT2D eigenvalue weighted by Crippen LogP contribution is 2.64. The first-order valence-electron chi connectivity index (χ1n) is 5.90. The first-order valence-corrected chi connectivity index (χ1v) is 5.90. The molecule has 0 saturated heterocycles. The Morgan fingerprint density at radius 1 is 1.35 bits per heavy atom. The number of aliphatic carboxylic acids is 1. The van der Waals surface area contributed by atoms with E-state index in [4.69, 9.17) is 5.11 Å². The van der Waals surface area contributed by atoms with Crippen molar-refractivity contribution < 1.29 is 9.90 Å². The summed E-state index contributed by atoms with van der Waals surface area (Å²) >= 11 is 0. The maximum absolute atomic E-state index is 11.1. The Kier molecular flexibility index (Phi) is 2.68. The molecule has 2 rings (SSSR count). The van der Waals surface area contributed by atoms with Crippen LogP contribution in [0.1, 0.15) is 50.9 Å². The van der Waals surface area contributed by atoms with Gasteiger partial charge in [-0.05, 0) is 11.0 Å². The molecule has 0 amide bonds. The van der Waals surface area contributed by atoms with Gasteiger partial charge < -0.3 is 5.11 Å². The summed E-state index contributed by atoms with van der Waals surface area (Å²) in [7, 11) is 0. The summed E-state index contributed by atoms with van der Waals surface area (Å²) in [5, 5.41) is 9.12. The molecule has 4 nitrogen and oxygen atoms in total. The van der Waals surface area contributed by atoms with Gasteiger partial charge in [0, 0.05) is 24.2 Å². The van der Waals surface area contributed by atoms with Gasteiger partial charge >= 0.3 is 5.97 Å². The first-order chi connectivity index (χ1) is 7.85. The van der Waals surface area contributed by atoms with Crippen molar-refractivity contribution in [3.63, 3.8) is 0 Å². The minimum atomic E-state index is -0.729. The smallest absolute Gasteiger partial charge is 0.307 e. The molecule has 4 heteroatoms. The van der Waals surface area contributed by atoms with Crippen molar-refractivity contribution in [3.05, 3.63) is 23.8 Å². The van der Waals surface area contributed by atoms with Crippen LogP contribution in [0.15, 0.2) is 12.4 Å². The molecular formula is C13H18N2O2. The van der Waals surface area contributed by atoms with Crippen LogP contribution in [-0.4, -0.2) is 21.0 Å². The van der Waals surface area contributed by atoms with Crippen LogP contribution in [0.4, 0.5) is 0 Å². The third-order valence-corrected chi connectivity index (χ3v) is 3.66. The Labute approximate surface area is 101 Å². The fourth-order valence-electron chi connectivity index (χ4n) is 2.53. The van der Waals surface area contributed by atoms with Gasteiger partial charge in [0.2, 0.25) is 0 Å². The van der Waals surface area contributed by atoms with E-state index in [9.17, 15) is 4.79 Å². The quantitative estimate of drug-likeness (QED) is 0.872. The average molecular weight is 234 g/mol. The summed E-state index contributed by atoms with van der Waals surface area (Å²) in [6.07, 6.45) is 3.55. The Morgan fingerprint density at radius 3 is 2.24 bits per heavy atom. The van der Waals surface area contributed by atoms with Crippen molar-refractivity contribution in [2.75, 3.05) is 0 Å². The van der Waals surface area contributed by atoms with E-state index < -0.39 is 5.97 Å². The van der Waals surface area contributed by atoms with Crippen LogP contribution >= 0.6 is 0 Å². The van der Waals surface area contributed by atoms with Gasteiger partial charge in [-0.25, -0.2) is 9.97 Å². The Bertz CT molecular complexity index is 437. The molecule has 17 heavy (non-hydrogen) atoms. The molecule has 1 aliphatic carbocycles. The van der Waals surface area contributed by atoms with Crippen LogP contribution in [0.2, 0.25) is 0 Å². The van der Waals surface area contributed by atoms with Gasteiger partial charge in [-0.15, -0.1) is 0 Å². The zero-order valence-corrected chi connectivity index (χ0v) is 10.6. The Balaban J connectivity index is 2.23. The molecule has 92 valence electrons. The number of hydrogen-bond acceptors (Lipinski definition) is 3. The van der Waals surface area contributed by atoms with E-state index >= 15 is 0 Å². The van der Waals surface area contributed by atoms with Gasteiger partial charge in [0.05, 0.1) is 5.92 Å². The van der Waals surface area contributed by atoms with E-state index in [-0.39, 0.29) is 17.3 Å². The summed E-state index contributed by atoms with van der Waals surface area (Å²) in [4.78, 5) is 19.7. The van der Waals surface area contributed by atoms with Crippen LogP contribution in [0.5, 0.6) is 0 Å². The highest BCUT2D eigenvalue weighted by molar-refractivity contribution is 5.77. The van der Waals surface area contributed by atoms with Crippen LogP contribution < -0.4 is 0 Å². The van der Waals surface area contributed by atoms with Crippen LogP contribution in [-0.2, 0) is 4.79 Å². The molecule has 1 heterocycles. The second-order valence-electron chi connectivity index (χ2n) is 5.64. The van der Waals surface area contributed by atoms with Crippen molar-refractivity contribution in [2.45, 2.75) is 39.5 Å². The average Bonchev–Trinajstić information content (AvgIpc) is 2.82. The van der Waals surface area contributed by atoms with Gasteiger partial charge in [0.1, 0.15) is 5.82 Å². The third kappa shape index (κ3) is 1.92. The molecule has 1 aromatic heterocycles. The zero-order chi connectivity index (χ0) is 12.8. The fraction of sp³-hybridized carbons (Fsp3) is 0.615. The third-order valence-electron chi connectivity index (χ3n) is 3.66. The maximum atomic E-state index is 11.1. The number of carbonyl (C=O) groups is 1. The molecule has 1 saturated carbocycles. The lowest BCUT2D eigenvalue weighted by atomic mass is 10.1. The van der Waals surface area contributed by atoms with Gasteiger partial charge in [-0.2, -0.15) is 0 Å². The molecule has 1 aliphatic rings. The predicted molar refractivity (Wildman–Crippen MR) is 63.8 cm³/mol. The van der Waals surface area contributed by atoms with E-state index in [0.717, 1.165) is 11.4 Å². The van der Waals surface area contributed by atoms with Crippen molar-refractivity contribution in [3.8, 4) is 0 Å². The van der Waals surface area contributed by atoms with E-state index in [1.807, 2.05) is 27.7 Å². The summed E-state index contributed by atoms with van der Waals surface area (Å²) in [5.74, 6) is 0.107. The predicted octanol–water partition coefficient (Wildman–Crippen LogP) is 2.42. The van der Waals surface area contributed by atoms with E-state index in [1.165, 1.54) is 0 Å². The molecule has 1 aromatic rings. The van der Waals surface area contributed by atoms with E-state index in [1.54, 1.807) is 12.4 Å². The molecule has 0 bridgehead atoms. The number of carboxylic acid groups (broad SMARTS) is 1. The molecular weight excluding hydrogens is 216 g/mol. The Hall–Kier alpha value is -1.45. The minimum Gasteiger partial charge on any atom is -0.481 e. The SMILES string of the molecule is CC(C)c1ncc([C@@H]2[C@@H](C(=O)O)C2(C)C)cn1. The number of carboxylic acids is 1. The molecule has 0 radical (unpaired) electrons. The Morgan fingerprint density at radius 2 is 1.88 bits per heavy atom. The highest BCUT2D eigenvalue weighted by atomic mass is 16.4. The second kappa shape index (κ2) is 3.79. The van der Waals surface area contributed by atoms with Crippen LogP contribution in [0.3, 0.4) is 0 Å². The standard InChI is InChI=1S/C13H18N2O2/c1-7(2)11-14-5-8(6-15-11)9-10(12(16)17)13(9,3)4/h5-7,9-10H,1-4H3,(H,16,17)/t9-,10+/m1/s1. The topological polar surface area (TPSA) is 63.1 Å². The van der Waals surface area contributed by atoms with Crippen LogP contribution in [0, 0.1) is 11.3 Å². The number of nitrogens with zero attached hydrogens (tertiary/aromatic N) is 2. The molecule has 1 N–H and O–H groups in total. The number of aromatic nitrogens is 2. The largest absolute Gasteiger partial charge is 0.481 e. The lowest BCUT2D eigenvalue weighted by Crippen LogP contribution is -2.03. The van der Waals surface area contributed by atoms with Gasteiger partial charge in [0.15, 0.2) is 0 Å². The first kappa shape index (κ1) is 12.0. The molecule has 2 atom stereocenters. The maximum Gasteiger partial charge on any atom is 0.307 e. The molecule has 0 unspecified atom stereocenters. The summed E-state index contributed by atoms with van der Waals surface area (Å²) < 4.78 is 0. The molecule has 0 aliphatic heterocycles. The monoisotopic (exact) mass is 234 g/mol. The molecule has 0 aromatic carbocycles. The van der Waals surface area contributed by atoms with E-state index in [2.05, 4.69) is 9.97 Å².